The lowest BCUT2D eigenvalue weighted by Crippen LogP contribution is -2.29. The molecular weight excluding hydrogens is 456 g/mol. The molecule has 0 saturated heterocycles. The van der Waals surface area contributed by atoms with Gasteiger partial charge in [0.05, 0.1) is 51.1 Å². The highest BCUT2D eigenvalue weighted by Crippen LogP contribution is 2.32. The summed E-state index contributed by atoms with van der Waals surface area (Å²) < 4.78 is 14.1. The molecule has 1 N–H and O–H groups in total. The van der Waals surface area contributed by atoms with Crippen molar-refractivity contribution in [1.29, 1.82) is 0 Å². The predicted molar refractivity (Wildman–Crippen MR) is 128 cm³/mol. The van der Waals surface area contributed by atoms with Gasteiger partial charge < -0.3 is 24.4 Å². The zero-order chi connectivity index (χ0) is 25.8. The van der Waals surface area contributed by atoms with Crippen molar-refractivity contribution in [2.45, 2.75) is 19.8 Å². The van der Waals surface area contributed by atoms with Crippen LogP contribution < -0.4 is 10.2 Å². The number of anilines is 2. The molecule has 2 rings (SSSR count). The summed E-state index contributed by atoms with van der Waals surface area (Å²) >= 11 is 0. The first-order valence-corrected chi connectivity index (χ1v) is 10.7. The van der Waals surface area contributed by atoms with Crippen molar-refractivity contribution in [3.05, 3.63) is 48.0 Å². The first-order chi connectivity index (χ1) is 16.8. The Morgan fingerprint density at radius 2 is 1.43 bits per heavy atom. The fourth-order valence-corrected chi connectivity index (χ4v) is 3.02. The number of carbonyl (C=O) groups is 4. The van der Waals surface area contributed by atoms with Gasteiger partial charge in [0.1, 0.15) is 5.69 Å². The molecule has 0 fully saturated rings. The van der Waals surface area contributed by atoms with E-state index >= 15 is 0 Å². The van der Waals surface area contributed by atoms with Crippen LogP contribution in [0.3, 0.4) is 0 Å². The van der Waals surface area contributed by atoms with Crippen molar-refractivity contribution < 1.29 is 33.4 Å². The minimum atomic E-state index is -0.457. The van der Waals surface area contributed by atoms with Crippen molar-refractivity contribution in [1.82, 2.24) is 0 Å². The van der Waals surface area contributed by atoms with Crippen molar-refractivity contribution in [2.24, 2.45) is 10.2 Å². The average molecular weight is 485 g/mol. The Bertz CT molecular complexity index is 1060. The van der Waals surface area contributed by atoms with Crippen molar-refractivity contribution in [3.8, 4) is 0 Å². The van der Waals surface area contributed by atoms with E-state index in [-0.39, 0.29) is 31.8 Å². The van der Waals surface area contributed by atoms with E-state index in [1.54, 1.807) is 42.5 Å². The molecule has 0 aliphatic carbocycles. The molecule has 1 amide bonds. The molecule has 0 atom stereocenters. The second-order valence-corrected chi connectivity index (χ2v) is 7.26. The summed E-state index contributed by atoms with van der Waals surface area (Å²) in [4.78, 5) is 48.5. The zero-order valence-corrected chi connectivity index (χ0v) is 20.1. The van der Waals surface area contributed by atoms with Crippen LogP contribution >= 0.6 is 0 Å². The quantitative estimate of drug-likeness (QED) is 0.289. The van der Waals surface area contributed by atoms with Crippen molar-refractivity contribution in [3.63, 3.8) is 0 Å². The Kier molecular flexibility index (Phi) is 10.3. The van der Waals surface area contributed by atoms with E-state index in [2.05, 4.69) is 20.3 Å². The molecule has 0 heterocycles. The molecule has 2 aromatic rings. The maximum absolute atomic E-state index is 11.8. The van der Waals surface area contributed by atoms with E-state index < -0.39 is 17.9 Å². The molecule has 0 radical (unpaired) electrons. The normalized spacial score (nSPS) is 10.5. The Morgan fingerprint density at radius 1 is 0.829 bits per heavy atom. The molecular formula is C24H28N4O7. The highest BCUT2D eigenvalue weighted by molar-refractivity contribution is 5.93. The lowest BCUT2D eigenvalue weighted by Gasteiger charge is -2.25. The number of rotatable bonds is 11. The van der Waals surface area contributed by atoms with Gasteiger partial charge in [-0.25, -0.2) is 4.79 Å². The van der Waals surface area contributed by atoms with Gasteiger partial charge in [-0.05, 0) is 42.5 Å². The number of carbonyl (C=O) groups excluding carboxylic acids is 4. The Hall–Kier alpha value is -4.28. The monoisotopic (exact) mass is 484 g/mol. The molecule has 35 heavy (non-hydrogen) atoms. The molecule has 11 nitrogen and oxygen atoms in total. The third-order valence-electron chi connectivity index (χ3n) is 4.84. The first-order valence-electron chi connectivity index (χ1n) is 10.7. The smallest absolute Gasteiger partial charge is 0.337 e. The minimum Gasteiger partial charge on any atom is -0.469 e. The van der Waals surface area contributed by atoms with Crippen LogP contribution in [0.15, 0.2) is 52.7 Å². The highest BCUT2D eigenvalue weighted by atomic mass is 16.5. The molecule has 2 aromatic carbocycles. The molecule has 0 aliphatic rings. The Balaban J connectivity index is 2.31. The predicted octanol–water partition coefficient (Wildman–Crippen LogP) is 3.78. The number of ether oxygens (including phenoxy) is 3. The summed E-state index contributed by atoms with van der Waals surface area (Å²) in [5, 5.41) is 11.1. The number of methoxy groups -OCH3 is 3. The summed E-state index contributed by atoms with van der Waals surface area (Å²) in [6.07, 6.45) is 0.215. The van der Waals surface area contributed by atoms with Crippen LogP contribution in [0.4, 0.5) is 22.7 Å². The van der Waals surface area contributed by atoms with Crippen LogP contribution in [0.25, 0.3) is 0 Å². The number of benzene rings is 2. The summed E-state index contributed by atoms with van der Waals surface area (Å²) in [5.74, 6) is -1.55. The number of azo groups is 1. The van der Waals surface area contributed by atoms with Crippen LogP contribution in [-0.4, -0.2) is 58.2 Å². The Labute approximate surface area is 203 Å². The van der Waals surface area contributed by atoms with E-state index in [9.17, 15) is 19.2 Å². The van der Waals surface area contributed by atoms with E-state index in [0.717, 1.165) is 0 Å². The summed E-state index contributed by atoms with van der Waals surface area (Å²) in [7, 11) is 3.91. The van der Waals surface area contributed by atoms with Crippen LogP contribution in [0.2, 0.25) is 0 Å². The van der Waals surface area contributed by atoms with Gasteiger partial charge in [-0.2, -0.15) is 5.11 Å². The van der Waals surface area contributed by atoms with Crippen molar-refractivity contribution >= 4 is 46.6 Å². The van der Waals surface area contributed by atoms with E-state index in [4.69, 9.17) is 9.47 Å². The third-order valence-corrected chi connectivity index (χ3v) is 4.84. The second kappa shape index (κ2) is 13.4. The number of nitrogens with zero attached hydrogens (tertiary/aromatic N) is 3. The summed E-state index contributed by atoms with van der Waals surface area (Å²) in [5.41, 5.74) is 2.32. The zero-order valence-electron chi connectivity index (χ0n) is 20.1. The summed E-state index contributed by atoms with van der Waals surface area (Å²) in [6.45, 7) is 1.94. The van der Waals surface area contributed by atoms with Gasteiger partial charge in [-0.1, -0.05) is 0 Å². The number of esters is 3. The number of hydrogen-bond donors (Lipinski definition) is 1. The fraction of sp³-hybridized carbons (Fsp3) is 0.333. The fourth-order valence-electron chi connectivity index (χ4n) is 3.02. The lowest BCUT2D eigenvalue weighted by molar-refractivity contribution is -0.140. The third kappa shape index (κ3) is 8.54. The van der Waals surface area contributed by atoms with Gasteiger partial charge in [-0.3, -0.25) is 14.4 Å². The topological polar surface area (TPSA) is 136 Å². The SMILES string of the molecule is COC(=O)CCN(CCC(=O)OC)c1ccc(N=Nc2ccc(C(=O)OC)cc2)c(NC(C)=O)c1. The Morgan fingerprint density at radius 3 is 1.94 bits per heavy atom. The van der Waals surface area contributed by atoms with Crippen molar-refractivity contribution in [2.75, 3.05) is 44.6 Å². The van der Waals surface area contributed by atoms with Crippen LogP contribution in [0.5, 0.6) is 0 Å². The van der Waals surface area contributed by atoms with Crippen LogP contribution in [-0.2, 0) is 28.6 Å². The largest absolute Gasteiger partial charge is 0.469 e. The van der Waals surface area contributed by atoms with Gasteiger partial charge >= 0.3 is 17.9 Å². The second-order valence-electron chi connectivity index (χ2n) is 7.26. The lowest BCUT2D eigenvalue weighted by atomic mass is 10.2. The van der Waals surface area contributed by atoms with Crippen LogP contribution in [0.1, 0.15) is 30.1 Å². The van der Waals surface area contributed by atoms with Crippen LogP contribution in [0, 0.1) is 0 Å². The number of nitrogens with one attached hydrogen (secondary N) is 1. The highest BCUT2D eigenvalue weighted by Gasteiger charge is 2.15. The maximum Gasteiger partial charge on any atom is 0.337 e. The molecule has 0 spiro atoms. The van der Waals surface area contributed by atoms with Gasteiger partial charge in [-0.15, -0.1) is 5.11 Å². The standard InChI is InChI=1S/C24H28N4O7/c1-16(29)25-21-15-19(28(13-11-22(30)33-2)14-12-23(31)34-3)9-10-20(21)27-26-18-7-5-17(6-8-18)24(32)35-4/h5-10,15H,11-14H2,1-4H3,(H,25,29). The molecule has 0 unspecified atom stereocenters. The molecule has 11 heteroatoms. The number of hydrogen-bond acceptors (Lipinski definition) is 10. The first kappa shape index (κ1) is 27.0. The summed E-state index contributed by atoms with van der Waals surface area (Å²) in [6, 6.07) is 11.5. The number of amides is 1. The molecule has 0 saturated carbocycles. The van der Waals surface area contributed by atoms with Gasteiger partial charge in [0.2, 0.25) is 5.91 Å². The average Bonchev–Trinajstić information content (AvgIpc) is 2.87. The minimum absolute atomic E-state index is 0.107. The van der Waals surface area contributed by atoms with Gasteiger partial charge in [0.15, 0.2) is 0 Å². The van der Waals surface area contributed by atoms with Gasteiger partial charge in [0, 0.05) is 25.7 Å². The van der Waals surface area contributed by atoms with E-state index in [0.29, 0.717) is 28.3 Å². The van der Waals surface area contributed by atoms with Gasteiger partial charge in [0.25, 0.3) is 0 Å². The molecule has 0 bridgehead atoms. The maximum atomic E-state index is 11.8. The molecule has 0 aromatic heterocycles. The molecule has 186 valence electrons. The van der Waals surface area contributed by atoms with E-state index in [1.807, 2.05) is 4.90 Å². The molecule has 0 aliphatic heterocycles. The van der Waals surface area contributed by atoms with E-state index in [1.165, 1.54) is 28.3 Å².